The van der Waals surface area contributed by atoms with E-state index < -0.39 is 0 Å². The van der Waals surface area contributed by atoms with Crippen LogP contribution in [-0.2, 0) is 6.54 Å². The van der Waals surface area contributed by atoms with Gasteiger partial charge in [-0.25, -0.2) is 0 Å². The minimum Gasteiger partial charge on any atom is -0.361 e. The summed E-state index contributed by atoms with van der Waals surface area (Å²) in [5.41, 5.74) is 2.28. The molecule has 0 aliphatic carbocycles. The van der Waals surface area contributed by atoms with E-state index in [0.29, 0.717) is 6.04 Å². The predicted octanol–water partition coefficient (Wildman–Crippen LogP) is 1.87. The van der Waals surface area contributed by atoms with E-state index in [0.717, 1.165) is 31.1 Å². The molecule has 1 atom stereocenters. The smallest absolute Gasteiger partial charge is 0.138 e. The fourth-order valence-electron chi connectivity index (χ4n) is 2.48. The molecule has 0 radical (unpaired) electrons. The molecule has 2 rings (SSSR count). The molecule has 1 aliphatic heterocycles. The molecule has 1 saturated heterocycles. The van der Waals surface area contributed by atoms with Crippen molar-refractivity contribution in [3.8, 4) is 0 Å². The van der Waals surface area contributed by atoms with E-state index >= 15 is 0 Å². The number of hydrogen-bond donors (Lipinski definition) is 1. The average molecular weight is 237 g/mol. The maximum absolute atomic E-state index is 5.22. The Morgan fingerprint density at radius 3 is 2.82 bits per heavy atom. The van der Waals surface area contributed by atoms with Crippen molar-refractivity contribution in [2.24, 2.45) is 0 Å². The van der Waals surface area contributed by atoms with Crippen molar-refractivity contribution >= 4 is 0 Å². The summed E-state index contributed by atoms with van der Waals surface area (Å²) in [7, 11) is 0. The van der Waals surface area contributed by atoms with Crippen LogP contribution in [0.5, 0.6) is 0 Å². The molecule has 1 N–H and O–H groups in total. The number of rotatable bonds is 5. The molecule has 4 nitrogen and oxygen atoms in total. The van der Waals surface area contributed by atoms with Gasteiger partial charge in [0.1, 0.15) is 5.76 Å². The summed E-state index contributed by atoms with van der Waals surface area (Å²) in [5.74, 6) is 0.959. The summed E-state index contributed by atoms with van der Waals surface area (Å²) in [6, 6.07) is 0.662. The highest BCUT2D eigenvalue weighted by molar-refractivity contribution is 5.20. The summed E-state index contributed by atoms with van der Waals surface area (Å²) in [4.78, 5) is 2.47. The van der Waals surface area contributed by atoms with E-state index in [1.165, 1.54) is 24.9 Å². The predicted molar refractivity (Wildman–Crippen MR) is 68.0 cm³/mol. The summed E-state index contributed by atoms with van der Waals surface area (Å²) in [6.45, 7) is 10.6. The van der Waals surface area contributed by atoms with Crippen molar-refractivity contribution < 1.29 is 4.52 Å². The molecule has 0 bridgehead atoms. The van der Waals surface area contributed by atoms with E-state index in [1.807, 2.05) is 13.8 Å². The largest absolute Gasteiger partial charge is 0.361 e. The number of nitrogens with one attached hydrogen (secondary N) is 1. The van der Waals surface area contributed by atoms with Crippen LogP contribution >= 0.6 is 0 Å². The van der Waals surface area contributed by atoms with E-state index in [2.05, 4.69) is 22.3 Å². The maximum atomic E-state index is 5.22. The first-order valence-corrected chi connectivity index (χ1v) is 6.58. The normalized spacial score (nSPS) is 20.4. The topological polar surface area (TPSA) is 41.3 Å². The average Bonchev–Trinajstić information content (AvgIpc) is 2.92. The van der Waals surface area contributed by atoms with Crippen molar-refractivity contribution in [2.45, 2.75) is 46.2 Å². The SMILES string of the molecule is CCN(Cc1c(C)noc1C)CC1CCCN1. The van der Waals surface area contributed by atoms with Gasteiger partial charge in [-0.15, -0.1) is 0 Å². The van der Waals surface area contributed by atoms with Crippen LogP contribution < -0.4 is 5.32 Å². The van der Waals surface area contributed by atoms with Gasteiger partial charge < -0.3 is 9.84 Å². The first-order valence-electron chi connectivity index (χ1n) is 6.58. The molecule has 2 heterocycles. The molecule has 1 fully saturated rings. The Labute approximate surface area is 103 Å². The molecule has 17 heavy (non-hydrogen) atoms. The van der Waals surface area contributed by atoms with Gasteiger partial charge in [0, 0.05) is 24.7 Å². The Balaban J connectivity index is 1.94. The van der Waals surface area contributed by atoms with Gasteiger partial charge in [0.05, 0.1) is 5.69 Å². The molecule has 0 amide bonds. The number of hydrogen-bond acceptors (Lipinski definition) is 4. The Kier molecular flexibility index (Phi) is 4.18. The molecule has 0 saturated carbocycles. The van der Waals surface area contributed by atoms with Crippen molar-refractivity contribution in [1.29, 1.82) is 0 Å². The highest BCUT2D eigenvalue weighted by Crippen LogP contribution is 2.16. The minimum absolute atomic E-state index is 0.662. The molecule has 96 valence electrons. The third kappa shape index (κ3) is 3.07. The number of nitrogens with zero attached hydrogens (tertiary/aromatic N) is 2. The van der Waals surface area contributed by atoms with Crippen molar-refractivity contribution in [2.75, 3.05) is 19.6 Å². The third-order valence-corrected chi connectivity index (χ3v) is 3.65. The zero-order valence-electron chi connectivity index (χ0n) is 11.1. The van der Waals surface area contributed by atoms with Crippen LogP contribution in [0, 0.1) is 13.8 Å². The number of aryl methyl sites for hydroxylation is 2. The van der Waals surface area contributed by atoms with Crippen molar-refractivity contribution in [3.63, 3.8) is 0 Å². The lowest BCUT2D eigenvalue weighted by Crippen LogP contribution is -2.37. The number of aromatic nitrogens is 1. The van der Waals surface area contributed by atoms with Gasteiger partial charge in [-0.2, -0.15) is 0 Å². The zero-order chi connectivity index (χ0) is 12.3. The summed E-state index contributed by atoms with van der Waals surface area (Å²) in [6.07, 6.45) is 2.62. The zero-order valence-corrected chi connectivity index (χ0v) is 11.1. The molecule has 0 aromatic carbocycles. The highest BCUT2D eigenvalue weighted by Gasteiger charge is 2.19. The molecule has 1 unspecified atom stereocenters. The fourth-order valence-corrected chi connectivity index (χ4v) is 2.48. The van der Waals surface area contributed by atoms with Gasteiger partial charge in [0.2, 0.25) is 0 Å². The number of likely N-dealkylation sites (N-methyl/N-ethyl adjacent to an activating group) is 1. The summed E-state index contributed by atoms with van der Waals surface area (Å²) < 4.78 is 5.22. The standard InChI is InChI=1S/C13H23N3O/c1-4-16(8-12-6-5-7-14-12)9-13-10(2)15-17-11(13)3/h12,14H,4-9H2,1-3H3. The molecule has 1 aliphatic rings. The van der Waals surface area contributed by atoms with Gasteiger partial charge in [-0.1, -0.05) is 12.1 Å². The summed E-state index contributed by atoms with van der Waals surface area (Å²) >= 11 is 0. The molecular formula is C13H23N3O. The maximum Gasteiger partial charge on any atom is 0.138 e. The van der Waals surface area contributed by atoms with E-state index in [4.69, 9.17) is 4.52 Å². The van der Waals surface area contributed by atoms with Crippen LogP contribution in [0.1, 0.15) is 36.8 Å². The Morgan fingerprint density at radius 1 is 1.47 bits per heavy atom. The Morgan fingerprint density at radius 2 is 2.29 bits per heavy atom. The first kappa shape index (κ1) is 12.6. The monoisotopic (exact) mass is 237 g/mol. The second kappa shape index (κ2) is 5.65. The third-order valence-electron chi connectivity index (χ3n) is 3.65. The van der Waals surface area contributed by atoms with Crippen LogP contribution in [0.2, 0.25) is 0 Å². The van der Waals surface area contributed by atoms with Gasteiger partial charge in [0.15, 0.2) is 0 Å². The lowest BCUT2D eigenvalue weighted by molar-refractivity contribution is 0.251. The van der Waals surface area contributed by atoms with Crippen LogP contribution in [0.15, 0.2) is 4.52 Å². The fraction of sp³-hybridized carbons (Fsp3) is 0.769. The lowest BCUT2D eigenvalue weighted by Gasteiger charge is -2.24. The Bertz CT molecular complexity index is 336. The van der Waals surface area contributed by atoms with E-state index in [-0.39, 0.29) is 0 Å². The molecule has 4 heteroatoms. The molecule has 1 aromatic rings. The van der Waals surface area contributed by atoms with Gasteiger partial charge in [-0.05, 0) is 39.8 Å². The highest BCUT2D eigenvalue weighted by atomic mass is 16.5. The van der Waals surface area contributed by atoms with Gasteiger partial charge in [-0.3, -0.25) is 4.90 Å². The van der Waals surface area contributed by atoms with Crippen LogP contribution in [0.3, 0.4) is 0 Å². The van der Waals surface area contributed by atoms with Crippen LogP contribution in [0.25, 0.3) is 0 Å². The second-order valence-electron chi connectivity index (χ2n) is 4.92. The lowest BCUT2D eigenvalue weighted by atomic mass is 10.1. The molecular weight excluding hydrogens is 214 g/mol. The first-order chi connectivity index (χ1) is 8.20. The second-order valence-corrected chi connectivity index (χ2v) is 4.92. The quantitative estimate of drug-likeness (QED) is 0.849. The summed E-state index contributed by atoms with van der Waals surface area (Å²) in [5, 5.41) is 7.57. The van der Waals surface area contributed by atoms with Gasteiger partial charge >= 0.3 is 0 Å². The molecule has 0 spiro atoms. The van der Waals surface area contributed by atoms with Crippen LogP contribution in [-0.4, -0.2) is 35.7 Å². The van der Waals surface area contributed by atoms with Crippen molar-refractivity contribution in [1.82, 2.24) is 15.4 Å². The molecule has 1 aromatic heterocycles. The van der Waals surface area contributed by atoms with Gasteiger partial charge in [0.25, 0.3) is 0 Å². The van der Waals surface area contributed by atoms with E-state index in [1.54, 1.807) is 0 Å². The van der Waals surface area contributed by atoms with Crippen LogP contribution in [0.4, 0.5) is 0 Å². The minimum atomic E-state index is 0.662. The van der Waals surface area contributed by atoms with E-state index in [9.17, 15) is 0 Å². The van der Waals surface area contributed by atoms with Crippen molar-refractivity contribution in [3.05, 3.63) is 17.0 Å². The Hall–Kier alpha value is -0.870.